The minimum atomic E-state index is -1.12. The van der Waals surface area contributed by atoms with Gasteiger partial charge in [0.25, 0.3) is 5.91 Å². The van der Waals surface area contributed by atoms with Crippen LogP contribution in [0.5, 0.6) is 0 Å². The molecule has 0 spiro atoms. The Balaban J connectivity index is 1.61. The van der Waals surface area contributed by atoms with Gasteiger partial charge in [0.2, 0.25) is 0 Å². The molecule has 124 valence electrons. The van der Waals surface area contributed by atoms with Crippen LogP contribution in [0.2, 0.25) is 0 Å². The van der Waals surface area contributed by atoms with Crippen molar-refractivity contribution in [3.05, 3.63) is 65.2 Å². The van der Waals surface area contributed by atoms with Crippen LogP contribution in [-0.4, -0.2) is 40.0 Å². The first-order chi connectivity index (χ1) is 11.5. The summed E-state index contributed by atoms with van der Waals surface area (Å²) in [5, 5.41) is 8.84. The Morgan fingerprint density at radius 2 is 1.96 bits per heavy atom. The van der Waals surface area contributed by atoms with E-state index in [1.807, 2.05) is 0 Å². The molecule has 1 N–H and O–H groups in total. The van der Waals surface area contributed by atoms with E-state index in [4.69, 9.17) is 5.11 Å². The fraction of sp³-hybridized carbons (Fsp3) is 0.278. The lowest BCUT2D eigenvalue weighted by molar-refractivity contribution is 0.0688. The summed E-state index contributed by atoms with van der Waals surface area (Å²) in [6.07, 6.45) is 3.00. The number of likely N-dealkylation sites (tertiary alicyclic amines) is 1. The van der Waals surface area contributed by atoms with Gasteiger partial charge in [-0.3, -0.25) is 4.79 Å². The maximum Gasteiger partial charge on any atom is 0.354 e. The fourth-order valence-corrected chi connectivity index (χ4v) is 2.97. The van der Waals surface area contributed by atoms with Crippen molar-refractivity contribution in [3.8, 4) is 0 Å². The molecule has 1 fully saturated rings. The van der Waals surface area contributed by atoms with E-state index in [0.29, 0.717) is 24.6 Å². The predicted octanol–water partition coefficient (Wildman–Crippen LogP) is 2.62. The summed E-state index contributed by atoms with van der Waals surface area (Å²) >= 11 is 0. The van der Waals surface area contributed by atoms with Crippen LogP contribution in [0, 0.1) is 11.7 Å². The van der Waals surface area contributed by atoms with Gasteiger partial charge in [-0.2, -0.15) is 0 Å². The van der Waals surface area contributed by atoms with Crippen LogP contribution in [0.1, 0.15) is 32.8 Å². The number of rotatable bonds is 4. The van der Waals surface area contributed by atoms with E-state index in [9.17, 15) is 14.0 Å². The van der Waals surface area contributed by atoms with Crippen molar-refractivity contribution in [1.82, 2.24) is 9.88 Å². The topological polar surface area (TPSA) is 70.5 Å². The molecule has 2 heterocycles. The van der Waals surface area contributed by atoms with Gasteiger partial charge in [-0.15, -0.1) is 0 Å². The molecule has 1 saturated heterocycles. The molecule has 24 heavy (non-hydrogen) atoms. The Labute approximate surface area is 138 Å². The van der Waals surface area contributed by atoms with E-state index in [2.05, 4.69) is 4.98 Å². The highest BCUT2D eigenvalue weighted by Gasteiger charge is 2.27. The summed E-state index contributed by atoms with van der Waals surface area (Å²) in [4.78, 5) is 28.8. The zero-order chi connectivity index (χ0) is 17.1. The van der Waals surface area contributed by atoms with Gasteiger partial charge < -0.3 is 10.0 Å². The third-order valence-corrected chi connectivity index (χ3v) is 4.24. The molecule has 0 bridgehead atoms. The molecule has 1 unspecified atom stereocenters. The largest absolute Gasteiger partial charge is 0.477 e. The normalized spacial score (nSPS) is 17.0. The van der Waals surface area contributed by atoms with Gasteiger partial charge in [0.1, 0.15) is 11.5 Å². The van der Waals surface area contributed by atoms with Crippen LogP contribution < -0.4 is 0 Å². The molecule has 1 aromatic heterocycles. The van der Waals surface area contributed by atoms with Gasteiger partial charge >= 0.3 is 5.97 Å². The second-order valence-corrected chi connectivity index (χ2v) is 5.97. The Hall–Kier alpha value is -2.76. The number of carboxylic acid groups (broad SMARTS) is 1. The molecule has 3 rings (SSSR count). The maximum absolute atomic E-state index is 12.9. The van der Waals surface area contributed by atoms with Gasteiger partial charge in [0.15, 0.2) is 0 Å². The average Bonchev–Trinajstić information content (AvgIpc) is 3.05. The quantitative estimate of drug-likeness (QED) is 0.936. The third-order valence-electron chi connectivity index (χ3n) is 4.24. The molecule has 1 aliphatic rings. The summed E-state index contributed by atoms with van der Waals surface area (Å²) in [6.45, 7) is 1.29. The number of benzene rings is 1. The van der Waals surface area contributed by atoms with Crippen LogP contribution >= 0.6 is 0 Å². The van der Waals surface area contributed by atoms with Crippen molar-refractivity contribution in [3.63, 3.8) is 0 Å². The Bertz CT molecular complexity index is 744. The molecule has 6 heteroatoms. The second kappa shape index (κ2) is 6.78. The number of carbonyl (C=O) groups excluding carboxylic acids is 1. The predicted molar refractivity (Wildman–Crippen MR) is 85.3 cm³/mol. The summed E-state index contributed by atoms with van der Waals surface area (Å²) in [5.41, 5.74) is 1.37. The molecule has 0 saturated carbocycles. The first-order valence-electron chi connectivity index (χ1n) is 7.76. The lowest BCUT2D eigenvalue weighted by atomic mass is 9.99. The first kappa shape index (κ1) is 16.1. The van der Waals surface area contributed by atoms with Gasteiger partial charge in [-0.1, -0.05) is 12.1 Å². The molecule has 0 radical (unpaired) electrons. The molecule has 0 aliphatic carbocycles. The van der Waals surface area contributed by atoms with Crippen LogP contribution in [0.4, 0.5) is 4.39 Å². The third kappa shape index (κ3) is 3.59. The van der Waals surface area contributed by atoms with Crippen molar-refractivity contribution >= 4 is 11.9 Å². The Morgan fingerprint density at radius 1 is 1.21 bits per heavy atom. The fourth-order valence-electron chi connectivity index (χ4n) is 2.97. The molecule has 1 amide bonds. The van der Waals surface area contributed by atoms with E-state index >= 15 is 0 Å². The first-order valence-corrected chi connectivity index (χ1v) is 7.76. The van der Waals surface area contributed by atoms with Gasteiger partial charge in [0.05, 0.1) is 5.56 Å². The zero-order valence-electron chi connectivity index (χ0n) is 13.0. The smallest absolute Gasteiger partial charge is 0.354 e. The highest BCUT2D eigenvalue weighted by molar-refractivity contribution is 5.95. The van der Waals surface area contributed by atoms with Crippen molar-refractivity contribution in [1.29, 1.82) is 0 Å². The van der Waals surface area contributed by atoms with Crippen molar-refractivity contribution in [2.24, 2.45) is 5.92 Å². The van der Waals surface area contributed by atoms with Crippen molar-refractivity contribution < 1.29 is 19.1 Å². The Kier molecular flexibility index (Phi) is 4.55. The van der Waals surface area contributed by atoms with E-state index < -0.39 is 5.97 Å². The highest BCUT2D eigenvalue weighted by atomic mass is 19.1. The number of carboxylic acids is 1. The minimum absolute atomic E-state index is 0.0813. The highest BCUT2D eigenvalue weighted by Crippen LogP contribution is 2.22. The summed E-state index contributed by atoms with van der Waals surface area (Å²) < 4.78 is 12.9. The van der Waals surface area contributed by atoms with Crippen LogP contribution in [-0.2, 0) is 6.42 Å². The molecule has 1 atom stereocenters. The summed E-state index contributed by atoms with van der Waals surface area (Å²) in [5.74, 6) is -1.17. The number of pyridine rings is 1. The molecule has 2 aromatic rings. The van der Waals surface area contributed by atoms with E-state index in [-0.39, 0.29) is 17.4 Å². The number of nitrogens with zero attached hydrogens (tertiary/aromatic N) is 2. The number of amides is 1. The molecular weight excluding hydrogens is 311 g/mol. The number of halogens is 1. The SMILES string of the molecule is O=C(O)c1ccc(C(=O)N2CCC(Cc3ccc(F)cc3)C2)cn1. The van der Waals surface area contributed by atoms with Crippen molar-refractivity contribution in [2.45, 2.75) is 12.8 Å². The summed E-state index contributed by atoms with van der Waals surface area (Å²) in [7, 11) is 0. The Morgan fingerprint density at radius 3 is 2.58 bits per heavy atom. The monoisotopic (exact) mass is 328 g/mol. The maximum atomic E-state index is 12.9. The van der Waals surface area contributed by atoms with Crippen LogP contribution in [0.15, 0.2) is 42.6 Å². The summed E-state index contributed by atoms with van der Waals surface area (Å²) in [6, 6.07) is 9.27. The number of hydrogen-bond acceptors (Lipinski definition) is 3. The van der Waals surface area contributed by atoms with Crippen LogP contribution in [0.3, 0.4) is 0 Å². The van der Waals surface area contributed by atoms with Gasteiger partial charge in [-0.05, 0) is 48.6 Å². The molecular formula is C18H17FN2O3. The number of aromatic nitrogens is 1. The van der Waals surface area contributed by atoms with E-state index in [0.717, 1.165) is 18.4 Å². The molecule has 1 aliphatic heterocycles. The lowest BCUT2D eigenvalue weighted by Gasteiger charge is -2.16. The van der Waals surface area contributed by atoms with Crippen LogP contribution in [0.25, 0.3) is 0 Å². The van der Waals surface area contributed by atoms with Gasteiger partial charge in [0, 0.05) is 19.3 Å². The number of aromatic carboxylic acids is 1. The minimum Gasteiger partial charge on any atom is -0.477 e. The second-order valence-electron chi connectivity index (χ2n) is 5.97. The van der Waals surface area contributed by atoms with E-state index in [1.165, 1.54) is 30.5 Å². The number of carbonyl (C=O) groups is 2. The number of hydrogen-bond donors (Lipinski definition) is 1. The zero-order valence-corrected chi connectivity index (χ0v) is 13.0. The van der Waals surface area contributed by atoms with Crippen molar-refractivity contribution in [2.75, 3.05) is 13.1 Å². The average molecular weight is 328 g/mol. The molecule has 5 nitrogen and oxygen atoms in total. The standard InChI is InChI=1S/C18H17FN2O3/c19-15-4-1-12(2-5-15)9-13-7-8-21(11-13)17(22)14-3-6-16(18(23)24)20-10-14/h1-6,10,13H,7-9,11H2,(H,23,24). The lowest BCUT2D eigenvalue weighted by Crippen LogP contribution is -2.29. The molecule has 1 aromatic carbocycles. The van der Waals surface area contributed by atoms with E-state index in [1.54, 1.807) is 17.0 Å². The van der Waals surface area contributed by atoms with Gasteiger partial charge in [-0.25, -0.2) is 14.2 Å².